The van der Waals surface area contributed by atoms with Crippen molar-refractivity contribution < 1.29 is 14.3 Å². The molecule has 0 aliphatic rings. The standard InChI is InChI=1S/C20H26N2O3/c1-6-25-19(23)13-21(14(2)3)20(24)18-12-15(4)22(16(18)5)17-10-8-7-9-11-17/h7-12,14H,6,13H2,1-5H3. The molecule has 1 aromatic carbocycles. The number of aryl methyl sites for hydroxylation is 1. The van der Waals surface area contributed by atoms with Crippen molar-refractivity contribution in [1.29, 1.82) is 0 Å². The molecule has 0 bridgehead atoms. The van der Waals surface area contributed by atoms with Crippen molar-refractivity contribution in [1.82, 2.24) is 9.47 Å². The molecule has 0 spiro atoms. The van der Waals surface area contributed by atoms with E-state index in [9.17, 15) is 9.59 Å². The van der Waals surface area contributed by atoms with Crippen LogP contribution in [0.4, 0.5) is 0 Å². The molecule has 0 N–H and O–H groups in total. The quantitative estimate of drug-likeness (QED) is 0.755. The molecule has 1 aromatic heterocycles. The number of rotatable bonds is 6. The molecule has 5 heteroatoms. The maximum Gasteiger partial charge on any atom is 0.325 e. The average molecular weight is 342 g/mol. The molecule has 2 rings (SSSR count). The van der Waals surface area contributed by atoms with E-state index < -0.39 is 0 Å². The van der Waals surface area contributed by atoms with Gasteiger partial charge < -0.3 is 14.2 Å². The Bertz CT molecular complexity index is 748. The minimum Gasteiger partial charge on any atom is -0.465 e. The van der Waals surface area contributed by atoms with Gasteiger partial charge in [-0.2, -0.15) is 0 Å². The first kappa shape index (κ1) is 18.8. The van der Waals surface area contributed by atoms with Gasteiger partial charge in [0.15, 0.2) is 0 Å². The molecule has 1 amide bonds. The summed E-state index contributed by atoms with van der Waals surface area (Å²) in [6, 6.07) is 11.7. The molecular formula is C20H26N2O3. The van der Waals surface area contributed by atoms with E-state index in [1.807, 2.05) is 64.1 Å². The minimum atomic E-state index is -0.388. The van der Waals surface area contributed by atoms with E-state index in [1.54, 1.807) is 11.8 Å². The number of ether oxygens (including phenoxy) is 1. The van der Waals surface area contributed by atoms with Crippen molar-refractivity contribution >= 4 is 11.9 Å². The van der Waals surface area contributed by atoms with E-state index in [2.05, 4.69) is 4.57 Å². The lowest BCUT2D eigenvalue weighted by Crippen LogP contribution is -2.41. The van der Waals surface area contributed by atoms with Crippen molar-refractivity contribution in [3.8, 4) is 5.69 Å². The van der Waals surface area contributed by atoms with Gasteiger partial charge in [-0.3, -0.25) is 9.59 Å². The van der Waals surface area contributed by atoms with Crippen molar-refractivity contribution in [2.45, 2.75) is 40.7 Å². The zero-order chi connectivity index (χ0) is 18.6. The number of aromatic nitrogens is 1. The molecule has 0 unspecified atom stereocenters. The first-order valence-electron chi connectivity index (χ1n) is 8.57. The Morgan fingerprint density at radius 3 is 2.36 bits per heavy atom. The van der Waals surface area contributed by atoms with E-state index in [1.165, 1.54) is 0 Å². The smallest absolute Gasteiger partial charge is 0.325 e. The summed E-state index contributed by atoms with van der Waals surface area (Å²) in [5.74, 6) is -0.542. The van der Waals surface area contributed by atoms with Gasteiger partial charge >= 0.3 is 5.97 Å². The Morgan fingerprint density at radius 1 is 1.16 bits per heavy atom. The molecule has 0 fully saturated rings. The van der Waals surface area contributed by atoms with Crippen LogP contribution in [0.1, 0.15) is 42.5 Å². The lowest BCUT2D eigenvalue weighted by molar-refractivity contribution is -0.144. The number of carbonyl (C=O) groups excluding carboxylic acids is 2. The highest BCUT2D eigenvalue weighted by molar-refractivity contribution is 5.97. The summed E-state index contributed by atoms with van der Waals surface area (Å²) in [7, 11) is 0. The normalized spacial score (nSPS) is 10.8. The fourth-order valence-corrected chi connectivity index (χ4v) is 2.94. The maximum atomic E-state index is 13.0. The highest BCUT2D eigenvalue weighted by atomic mass is 16.5. The number of esters is 1. The molecule has 0 saturated heterocycles. The monoisotopic (exact) mass is 342 g/mol. The molecule has 134 valence electrons. The molecule has 0 saturated carbocycles. The third kappa shape index (κ3) is 4.10. The second-order valence-corrected chi connectivity index (χ2v) is 6.29. The fraction of sp³-hybridized carbons (Fsp3) is 0.400. The van der Waals surface area contributed by atoms with Crippen molar-refractivity contribution in [3.05, 3.63) is 53.3 Å². The third-order valence-corrected chi connectivity index (χ3v) is 4.16. The van der Waals surface area contributed by atoms with Gasteiger partial charge in [-0.25, -0.2) is 0 Å². The number of hydrogen-bond acceptors (Lipinski definition) is 3. The molecule has 2 aromatic rings. The summed E-state index contributed by atoms with van der Waals surface area (Å²) in [6.07, 6.45) is 0. The van der Waals surface area contributed by atoms with E-state index in [0.29, 0.717) is 12.2 Å². The highest BCUT2D eigenvalue weighted by Gasteiger charge is 2.26. The number of para-hydroxylation sites is 1. The summed E-state index contributed by atoms with van der Waals surface area (Å²) in [5.41, 5.74) is 3.47. The Labute approximate surface area is 149 Å². The van der Waals surface area contributed by atoms with Crippen molar-refractivity contribution in [2.75, 3.05) is 13.2 Å². The van der Waals surface area contributed by atoms with Gasteiger partial charge in [0.1, 0.15) is 6.54 Å². The second kappa shape index (κ2) is 8.01. The van der Waals surface area contributed by atoms with Crippen LogP contribution < -0.4 is 0 Å². The van der Waals surface area contributed by atoms with Crippen molar-refractivity contribution in [3.63, 3.8) is 0 Å². The Morgan fingerprint density at radius 2 is 1.80 bits per heavy atom. The molecule has 0 radical (unpaired) electrons. The number of amides is 1. The summed E-state index contributed by atoms with van der Waals surface area (Å²) in [6.45, 7) is 9.71. The first-order chi connectivity index (χ1) is 11.9. The molecule has 1 heterocycles. The molecule has 5 nitrogen and oxygen atoms in total. The van der Waals surface area contributed by atoms with Gasteiger partial charge in [0, 0.05) is 23.1 Å². The van der Waals surface area contributed by atoms with Gasteiger partial charge in [-0.15, -0.1) is 0 Å². The molecule has 0 aliphatic carbocycles. The lowest BCUT2D eigenvalue weighted by Gasteiger charge is -2.25. The van der Waals surface area contributed by atoms with E-state index in [0.717, 1.165) is 17.1 Å². The van der Waals surface area contributed by atoms with Gasteiger partial charge in [0.05, 0.1) is 12.2 Å². The van der Waals surface area contributed by atoms with Crippen LogP contribution in [0.15, 0.2) is 36.4 Å². The van der Waals surface area contributed by atoms with Crippen LogP contribution in [0.5, 0.6) is 0 Å². The Hall–Kier alpha value is -2.56. The number of benzene rings is 1. The number of nitrogens with zero attached hydrogens (tertiary/aromatic N) is 2. The van der Waals surface area contributed by atoms with E-state index in [-0.39, 0.29) is 24.5 Å². The molecule has 0 atom stereocenters. The van der Waals surface area contributed by atoms with Crippen LogP contribution in [0.3, 0.4) is 0 Å². The average Bonchev–Trinajstić information content (AvgIpc) is 2.87. The highest BCUT2D eigenvalue weighted by Crippen LogP contribution is 2.22. The van der Waals surface area contributed by atoms with Crippen LogP contribution in [0.2, 0.25) is 0 Å². The zero-order valence-corrected chi connectivity index (χ0v) is 15.6. The Balaban J connectivity index is 2.37. The van der Waals surface area contributed by atoms with Gasteiger partial charge in [0.25, 0.3) is 5.91 Å². The predicted octanol–water partition coefficient (Wildman–Crippen LogP) is 3.51. The number of hydrogen-bond donors (Lipinski definition) is 0. The topological polar surface area (TPSA) is 51.5 Å². The largest absolute Gasteiger partial charge is 0.465 e. The van der Waals surface area contributed by atoms with Gasteiger partial charge in [-0.1, -0.05) is 18.2 Å². The number of carbonyl (C=O) groups is 2. The SMILES string of the molecule is CCOC(=O)CN(C(=O)c1cc(C)n(-c2ccccc2)c1C)C(C)C. The van der Waals surface area contributed by atoms with Crippen molar-refractivity contribution in [2.24, 2.45) is 0 Å². The summed E-state index contributed by atoms with van der Waals surface area (Å²) in [4.78, 5) is 26.5. The van der Waals surface area contributed by atoms with Crippen LogP contribution in [0.25, 0.3) is 5.69 Å². The van der Waals surface area contributed by atoms with Gasteiger partial charge in [-0.05, 0) is 52.8 Å². The maximum absolute atomic E-state index is 13.0. The Kier molecular flexibility index (Phi) is 6.02. The third-order valence-electron chi connectivity index (χ3n) is 4.16. The first-order valence-corrected chi connectivity index (χ1v) is 8.57. The van der Waals surface area contributed by atoms with Crippen LogP contribution in [-0.4, -0.2) is 40.5 Å². The lowest BCUT2D eigenvalue weighted by atomic mass is 10.2. The fourth-order valence-electron chi connectivity index (χ4n) is 2.94. The van der Waals surface area contributed by atoms with Crippen LogP contribution in [0, 0.1) is 13.8 Å². The molecule has 0 aliphatic heterocycles. The molecule has 25 heavy (non-hydrogen) atoms. The summed E-state index contributed by atoms with van der Waals surface area (Å²) in [5, 5.41) is 0. The van der Waals surface area contributed by atoms with E-state index >= 15 is 0 Å². The van der Waals surface area contributed by atoms with Crippen LogP contribution in [-0.2, 0) is 9.53 Å². The minimum absolute atomic E-state index is 0.0423. The zero-order valence-electron chi connectivity index (χ0n) is 15.6. The summed E-state index contributed by atoms with van der Waals surface area (Å²) < 4.78 is 7.05. The van der Waals surface area contributed by atoms with Gasteiger partial charge in [0.2, 0.25) is 0 Å². The van der Waals surface area contributed by atoms with Crippen LogP contribution >= 0.6 is 0 Å². The molecular weight excluding hydrogens is 316 g/mol. The van der Waals surface area contributed by atoms with E-state index in [4.69, 9.17) is 4.74 Å². The summed E-state index contributed by atoms with van der Waals surface area (Å²) >= 11 is 0. The predicted molar refractivity (Wildman–Crippen MR) is 98.0 cm³/mol. The second-order valence-electron chi connectivity index (χ2n) is 6.29.